The van der Waals surface area contributed by atoms with E-state index in [1.807, 2.05) is 0 Å². The third-order valence-electron chi connectivity index (χ3n) is 3.01. The first kappa shape index (κ1) is 12.7. The zero-order valence-corrected chi connectivity index (χ0v) is 10.1. The maximum atomic E-state index is 13.2. The Balaban J connectivity index is 2.25. The second-order valence-electron chi connectivity index (χ2n) is 4.09. The highest BCUT2D eigenvalue weighted by molar-refractivity contribution is 6.31. The van der Waals surface area contributed by atoms with Gasteiger partial charge in [0.15, 0.2) is 0 Å². The van der Waals surface area contributed by atoms with E-state index in [9.17, 15) is 8.78 Å². The monoisotopic (exact) mass is 260 g/mol. The molecular weight excluding hydrogens is 246 g/mol. The molecule has 0 amide bonds. The zero-order chi connectivity index (χ0) is 12.3. The van der Waals surface area contributed by atoms with Crippen molar-refractivity contribution in [2.45, 2.75) is 12.5 Å². The first-order chi connectivity index (χ1) is 8.20. The van der Waals surface area contributed by atoms with Crippen LogP contribution >= 0.6 is 11.6 Å². The summed E-state index contributed by atoms with van der Waals surface area (Å²) in [6, 6.07) is 5.95. The second kappa shape index (κ2) is 5.76. The number of nitrogens with zero attached hydrogens (tertiary/aromatic N) is 1. The third-order valence-corrected chi connectivity index (χ3v) is 3.35. The molecule has 0 unspecified atom stereocenters. The van der Waals surface area contributed by atoms with E-state index in [4.69, 9.17) is 11.6 Å². The maximum absolute atomic E-state index is 13.2. The van der Waals surface area contributed by atoms with Crippen molar-refractivity contribution in [2.24, 2.45) is 0 Å². The van der Waals surface area contributed by atoms with Gasteiger partial charge in [0.1, 0.15) is 0 Å². The van der Waals surface area contributed by atoms with Gasteiger partial charge in [0.25, 0.3) is 6.43 Å². The Hall–Kier alpha value is -0.710. The van der Waals surface area contributed by atoms with Gasteiger partial charge in [-0.2, -0.15) is 0 Å². The van der Waals surface area contributed by atoms with Crippen molar-refractivity contribution in [1.29, 1.82) is 0 Å². The molecular formula is C12H15ClF2N2. The average molecular weight is 261 g/mol. The quantitative estimate of drug-likeness (QED) is 0.899. The summed E-state index contributed by atoms with van der Waals surface area (Å²) in [7, 11) is 0. The van der Waals surface area contributed by atoms with Crippen molar-refractivity contribution >= 4 is 11.6 Å². The molecule has 0 spiro atoms. The lowest BCUT2D eigenvalue weighted by Crippen LogP contribution is -2.47. The van der Waals surface area contributed by atoms with Gasteiger partial charge in [0, 0.05) is 31.2 Å². The highest BCUT2D eigenvalue weighted by Crippen LogP contribution is 2.32. The Labute approximate surface area is 105 Å². The Morgan fingerprint density at radius 2 is 1.82 bits per heavy atom. The first-order valence-electron chi connectivity index (χ1n) is 5.67. The molecule has 1 aliphatic rings. The molecule has 1 aliphatic heterocycles. The average Bonchev–Trinajstić information content (AvgIpc) is 2.33. The molecule has 0 aliphatic carbocycles. The van der Waals surface area contributed by atoms with Crippen molar-refractivity contribution in [1.82, 2.24) is 10.2 Å². The predicted octanol–water partition coefficient (Wildman–Crippen LogP) is 2.55. The lowest BCUT2D eigenvalue weighted by Gasteiger charge is -2.35. The van der Waals surface area contributed by atoms with Gasteiger partial charge in [0.2, 0.25) is 0 Å². The fraction of sp³-hybridized carbons (Fsp3) is 0.500. The number of benzene rings is 1. The number of piperazine rings is 1. The Bertz CT molecular complexity index is 367. The van der Waals surface area contributed by atoms with Gasteiger partial charge in [-0.25, -0.2) is 8.78 Å². The number of hydrogen-bond donors (Lipinski definition) is 1. The summed E-state index contributed by atoms with van der Waals surface area (Å²) < 4.78 is 26.5. The molecule has 1 fully saturated rings. The number of halogens is 3. The highest BCUT2D eigenvalue weighted by Gasteiger charge is 2.31. The molecule has 2 nitrogen and oxygen atoms in total. The molecule has 5 heteroatoms. The van der Waals surface area contributed by atoms with Crippen LogP contribution in [-0.4, -0.2) is 37.5 Å². The van der Waals surface area contributed by atoms with Crippen molar-refractivity contribution in [3.8, 4) is 0 Å². The molecule has 2 rings (SSSR count). The minimum atomic E-state index is -2.42. The van der Waals surface area contributed by atoms with Crippen molar-refractivity contribution in [2.75, 3.05) is 26.2 Å². The molecule has 1 N–H and O–H groups in total. The largest absolute Gasteiger partial charge is 0.314 e. The van der Waals surface area contributed by atoms with Gasteiger partial charge in [0.05, 0.1) is 6.04 Å². The van der Waals surface area contributed by atoms with E-state index >= 15 is 0 Å². The van der Waals surface area contributed by atoms with Crippen LogP contribution in [0.3, 0.4) is 0 Å². The lowest BCUT2D eigenvalue weighted by atomic mass is 10.0. The molecule has 1 aromatic carbocycles. The van der Waals surface area contributed by atoms with E-state index in [1.54, 1.807) is 29.2 Å². The zero-order valence-electron chi connectivity index (χ0n) is 9.37. The van der Waals surface area contributed by atoms with Crippen LogP contribution in [0, 0.1) is 0 Å². The van der Waals surface area contributed by atoms with Crippen LogP contribution in [-0.2, 0) is 0 Å². The van der Waals surface area contributed by atoms with E-state index in [2.05, 4.69) is 5.32 Å². The number of alkyl halides is 2. The summed E-state index contributed by atoms with van der Waals surface area (Å²) in [6.45, 7) is 2.74. The summed E-state index contributed by atoms with van der Waals surface area (Å²) in [6.07, 6.45) is -2.42. The summed E-state index contributed by atoms with van der Waals surface area (Å²) in [5.74, 6) is 0. The fourth-order valence-electron chi connectivity index (χ4n) is 2.17. The van der Waals surface area contributed by atoms with Crippen LogP contribution in [0.25, 0.3) is 0 Å². The summed E-state index contributed by atoms with van der Waals surface area (Å²) >= 11 is 6.01. The van der Waals surface area contributed by atoms with Gasteiger partial charge < -0.3 is 5.32 Å². The minimum absolute atomic E-state index is 0.413. The first-order valence-corrected chi connectivity index (χ1v) is 6.05. The van der Waals surface area contributed by atoms with Crippen LogP contribution in [0.4, 0.5) is 8.78 Å². The van der Waals surface area contributed by atoms with Crippen LogP contribution < -0.4 is 5.32 Å². The number of hydrogen-bond acceptors (Lipinski definition) is 2. The molecule has 1 saturated heterocycles. The Morgan fingerprint density at radius 1 is 1.18 bits per heavy atom. The lowest BCUT2D eigenvalue weighted by molar-refractivity contribution is 0.0182. The molecule has 0 radical (unpaired) electrons. The number of nitrogens with one attached hydrogen (secondary N) is 1. The Morgan fingerprint density at radius 3 is 2.41 bits per heavy atom. The van der Waals surface area contributed by atoms with Crippen LogP contribution in [0.2, 0.25) is 5.02 Å². The van der Waals surface area contributed by atoms with Gasteiger partial charge in [-0.15, -0.1) is 0 Å². The van der Waals surface area contributed by atoms with Crippen LogP contribution in [0.15, 0.2) is 24.3 Å². The minimum Gasteiger partial charge on any atom is -0.314 e. The fourth-order valence-corrected chi connectivity index (χ4v) is 2.41. The maximum Gasteiger partial charge on any atom is 0.258 e. The van der Waals surface area contributed by atoms with E-state index in [1.165, 1.54) is 0 Å². The summed E-state index contributed by atoms with van der Waals surface area (Å²) in [4.78, 5) is 1.79. The topological polar surface area (TPSA) is 15.3 Å². The van der Waals surface area contributed by atoms with Gasteiger partial charge in [-0.1, -0.05) is 29.8 Å². The smallest absolute Gasteiger partial charge is 0.258 e. The van der Waals surface area contributed by atoms with E-state index < -0.39 is 12.5 Å². The predicted molar refractivity (Wildman–Crippen MR) is 64.6 cm³/mol. The number of rotatable bonds is 3. The van der Waals surface area contributed by atoms with Crippen molar-refractivity contribution < 1.29 is 8.78 Å². The summed E-state index contributed by atoms with van der Waals surface area (Å²) in [5, 5.41) is 3.57. The van der Waals surface area contributed by atoms with Gasteiger partial charge in [-0.05, 0) is 11.6 Å². The molecule has 0 aromatic heterocycles. The summed E-state index contributed by atoms with van der Waals surface area (Å²) in [5.41, 5.74) is 0.520. The second-order valence-corrected chi connectivity index (χ2v) is 4.49. The van der Waals surface area contributed by atoms with Crippen LogP contribution in [0.1, 0.15) is 11.6 Å². The molecule has 17 heavy (non-hydrogen) atoms. The molecule has 0 bridgehead atoms. The van der Waals surface area contributed by atoms with E-state index in [-0.39, 0.29) is 0 Å². The standard InChI is InChI=1S/C12H15ClF2N2/c13-10-4-2-1-3-9(10)11(12(14)15)17-7-5-16-6-8-17/h1-4,11-12,16H,5-8H2/t11-/m0/s1. The SMILES string of the molecule is FC(F)[C@H](c1ccccc1Cl)N1CCNCC1. The van der Waals surface area contributed by atoms with E-state index in [0.717, 1.165) is 13.1 Å². The highest BCUT2D eigenvalue weighted by atomic mass is 35.5. The van der Waals surface area contributed by atoms with Crippen molar-refractivity contribution in [3.05, 3.63) is 34.9 Å². The van der Waals surface area contributed by atoms with Crippen LogP contribution in [0.5, 0.6) is 0 Å². The third kappa shape index (κ3) is 2.94. The van der Waals surface area contributed by atoms with Gasteiger partial charge >= 0.3 is 0 Å². The van der Waals surface area contributed by atoms with E-state index in [0.29, 0.717) is 23.7 Å². The molecule has 1 atom stereocenters. The Kier molecular flexibility index (Phi) is 4.31. The van der Waals surface area contributed by atoms with Gasteiger partial charge in [-0.3, -0.25) is 4.90 Å². The normalized spacial score (nSPS) is 19.5. The van der Waals surface area contributed by atoms with Crippen molar-refractivity contribution in [3.63, 3.8) is 0 Å². The molecule has 1 aromatic rings. The molecule has 94 valence electrons. The molecule has 1 heterocycles. The molecule has 0 saturated carbocycles.